The number of carbonyl (C=O) groups is 1. The molecule has 0 radical (unpaired) electrons. The number of fused-ring (bicyclic) bond motifs is 1. The number of nitrogens with zero attached hydrogens (tertiary/aromatic N) is 2. The lowest BCUT2D eigenvalue weighted by Gasteiger charge is -2.12. The van der Waals surface area contributed by atoms with E-state index < -0.39 is 9.84 Å². The maximum absolute atomic E-state index is 12.5. The molecule has 1 fully saturated rings. The molecule has 4 rings (SSSR count). The Kier molecular flexibility index (Phi) is 4.56. The molecule has 138 valence electrons. The molecule has 2 heterocycles. The molecule has 2 aliphatic rings. The fourth-order valence-corrected chi connectivity index (χ4v) is 5.45. The van der Waals surface area contributed by atoms with Gasteiger partial charge >= 0.3 is 0 Å². The maximum Gasteiger partial charge on any atom is 0.225 e. The Morgan fingerprint density at radius 1 is 1.15 bits per heavy atom. The second kappa shape index (κ2) is 6.87. The highest BCUT2D eigenvalue weighted by Gasteiger charge is 2.33. The molecule has 2 aromatic rings. The molecule has 0 spiro atoms. The molecule has 1 amide bonds. The van der Waals surface area contributed by atoms with Gasteiger partial charge in [0.25, 0.3) is 0 Å². The third kappa shape index (κ3) is 3.53. The summed E-state index contributed by atoms with van der Waals surface area (Å²) in [6.45, 7) is 0. The third-order valence-corrected chi connectivity index (χ3v) is 6.74. The van der Waals surface area contributed by atoms with Crippen LogP contribution in [0.4, 0.5) is 5.82 Å². The Hall–Kier alpha value is -2.15. The van der Waals surface area contributed by atoms with Gasteiger partial charge in [0.1, 0.15) is 5.82 Å². The molecule has 1 aromatic carbocycles. The van der Waals surface area contributed by atoms with E-state index >= 15 is 0 Å². The summed E-state index contributed by atoms with van der Waals surface area (Å²) in [5.41, 5.74) is 1.98. The standard InChI is InChI=1S/C19H23N3O3S/c23-18(11-10-14-6-4-5-7-14)20-19-16-12-26(24,25)13-17(16)21-22(19)15-8-2-1-3-9-15/h1-3,8-9,14H,4-7,10-13H2,(H,20,23). The molecule has 26 heavy (non-hydrogen) atoms. The van der Waals surface area contributed by atoms with Crippen molar-refractivity contribution in [2.24, 2.45) is 5.92 Å². The summed E-state index contributed by atoms with van der Waals surface area (Å²) in [6, 6.07) is 9.48. The second-order valence-corrected chi connectivity index (χ2v) is 9.36. The van der Waals surface area contributed by atoms with E-state index in [2.05, 4.69) is 10.4 Å². The van der Waals surface area contributed by atoms with Gasteiger partial charge in [-0.3, -0.25) is 4.79 Å². The average Bonchev–Trinajstić information content (AvgIpc) is 3.30. The van der Waals surface area contributed by atoms with Crippen LogP contribution in [0.2, 0.25) is 0 Å². The van der Waals surface area contributed by atoms with Crippen molar-refractivity contribution in [2.75, 3.05) is 5.32 Å². The van der Waals surface area contributed by atoms with Crippen LogP contribution in [0, 0.1) is 5.92 Å². The number of benzene rings is 1. The monoisotopic (exact) mass is 373 g/mol. The molecule has 0 atom stereocenters. The van der Waals surface area contributed by atoms with Crippen molar-refractivity contribution >= 4 is 21.6 Å². The van der Waals surface area contributed by atoms with Gasteiger partial charge in [0.2, 0.25) is 5.91 Å². The third-order valence-electron chi connectivity index (χ3n) is 5.30. The number of rotatable bonds is 5. The largest absolute Gasteiger partial charge is 0.310 e. The van der Waals surface area contributed by atoms with E-state index in [9.17, 15) is 13.2 Å². The zero-order valence-electron chi connectivity index (χ0n) is 14.6. The number of aromatic nitrogens is 2. The normalized spacial score (nSPS) is 18.8. The summed E-state index contributed by atoms with van der Waals surface area (Å²) in [6.07, 6.45) is 6.31. The van der Waals surface area contributed by atoms with Gasteiger partial charge in [-0.15, -0.1) is 0 Å². The highest BCUT2D eigenvalue weighted by atomic mass is 32.2. The van der Waals surface area contributed by atoms with Gasteiger partial charge in [0.05, 0.1) is 22.9 Å². The van der Waals surface area contributed by atoms with Crippen LogP contribution in [0.5, 0.6) is 0 Å². The first kappa shape index (κ1) is 17.3. The fraction of sp³-hybridized carbons (Fsp3) is 0.474. The van der Waals surface area contributed by atoms with E-state index in [0.717, 1.165) is 12.1 Å². The Balaban J connectivity index is 1.58. The van der Waals surface area contributed by atoms with Crippen molar-refractivity contribution in [2.45, 2.75) is 50.0 Å². The molecular weight excluding hydrogens is 350 g/mol. The molecule has 6 nitrogen and oxygen atoms in total. The number of amides is 1. The maximum atomic E-state index is 12.5. The highest BCUT2D eigenvalue weighted by molar-refractivity contribution is 7.90. The van der Waals surface area contributed by atoms with Crippen molar-refractivity contribution in [3.8, 4) is 5.69 Å². The molecule has 7 heteroatoms. The van der Waals surface area contributed by atoms with Crippen molar-refractivity contribution < 1.29 is 13.2 Å². The summed E-state index contributed by atoms with van der Waals surface area (Å²) in [5, 5.41) is 7.42. The Morgan fingerprint density at radius 3 is 2.62 bits per heavy atom. The molecule has 1 aromatic heterocycles. The van der Waals surface area contributed by atoms with Crippen molar-refractivity contribution in [3.05, 3.63) is 41.6 Å². The predicted molar refractivity (Wildman–Crippen MR) is 99.7 cm³/mol. The first-order chi connectivity index (χ1) is 12.5. The predicted octanol–water partition coefficient (Wildman–Crippen LogP) is 3.21. The number of nitrogens with one attached hydrogen (secondary N) is 1. The molecule has 1 N–H and O–H groups in total. The van der Waals surface area contributed by atoms with E-state index in [1.807, 2.05) is 30.3 Å². The minimum absolute atomic E-state index is 0.0621. The smallest absolute Gasteiger partial charge is 0.225 e. The zero-order chi connectivity index (χ0) is 18.1. The quantitative estimate of drug-likeness (QED) is 0.873. The zero-order valence-corrected chi connectivity index (χ0v) is 15.5. The summed E-state index contributed by atoms with van der Waals surface area (Å²) in [5.74, 6) is 0.955. The van der Waals surface area contributed by atoms with Crippen LogP contribution >= 0.6 is 0 Å². The van der Waals surface area contributed by atoms with Crippen molar-refractivity contribution in [1.29, 1.82) is 0 Å². The highest BCUT2D eigenvalue weighted by Crippen LogP contribution is 2.33. The molecule has 1 saturated carbocycles. The lowest BCUT2D eigenvalue weighted by molar-refractivity contribution is -0.116. The van der Waals surface area contributed by atoms with Crippen molar-refractivity contribution in [3.63, 3.8) is 0 Å². The number of carbonyl (C=O) groups excluding carboxylic acids is 1. The molecule has 1 aliphatic heterocycles. The Labute approximate surface area is 153 Å². The number of hydrogen-bond donors (Lipinski definition) is 1. The van der Waals surface area contributed by atoms with Crippen LogP contribution in [0.15, 0.2) is 30.3 Å². The second-order valence-electron chi connectivity index (χ2n) is 7.29. The van der Waals surface area contributed by atoms with E-state index in [1.54, 1.807) is 4.68 Å². The van der Waals surface area contributed by atoms with Gasteiger partial charge in [-0.1, -0.05) is 43.9 Å². The molecule has 0 unspecified atom stereocenters. The van der Waals surface area contributed by atoms with Gasteiger partial charge in [-0.2, -0.15) is 5.10 Å². The number of hydrogen-bond acceptors (Lipinski definition) is 4. The van der Waals surface area contributed by atoms with Crippen LogP contribution < -0.4 is 5.32 Å². The van der Waals surface area contributed by atoms with Crippen molar-refractivity contribution in [1.82, 2.24) is 9.78 Å². The van der Waals surface area contributed by atoms with Gasteiger partial charge < -0.3 is 5.32 Å². The number of sulfone groups is 1. The number of anilines is 1. The van der Waals surface area contributed by atoms with Crippen LogP contribution in [0.1, 0.15) is 49.8 Å². The summed E-state index contributed by atoms with van der Waals surface area (Å²) < 4.78 is 25.6. The van der Waals surface area contributed by atoms with Gasteiger partial charge in [0.15, 0.2) is 9.84 Å². The lowest BCUT2D eigenvalue weighted by atomic mass is 10.0. The topological polar surface area (TPSA) is 81.1 Å². The van der Waals surface area contributed by atoms with E-state index in [-0.39, 0.29) is 17.4 Å². The van der Waals surface area contributed by atoms with Gasteiger partial charge in [0, 0.05) is 12.0 Å². The van der Waals surface area contributed by atoms with E-state index in [4.69, 9.17) is 0 Å². The molecule has 0 bridgehead atoms. The summed E-state index contributed by atoms with van der Waals surface area (Å²) >= 11 is 0. The first-order valence-electron chi connectivity index (χ1n) is 9.18. The molecule has 1 aliphatic carbocycles. The first-order valence-corrected chi connectivity index (χ1v) is 11.0. The van der Waals surface area contributed by atoms with Crippen LogP contribution in [-0.2, 0) is 26.1 Å². The Bertz CT molecular complexity index is 913. The van der Waals surface area contributed by atoms with E-state index in [0.29, 0.717) is 29.4 Å². The summed E-state index contributed by atoms with van der Waals surface area (Å²) in [4.78, 5) is 12.5. The van der Waals surface area contributed by atoms with Gasteiger partial charge in [-0.25, -0.2) is 13.1 Å². The van der Waals surface area contributed by atoms with E-state index in [1.165, 1.54) is 25.7 Å². The Morgan fingerprint density at radius 2 is 1.88 bits per heavy atom. The van der Waals surface area contributed by atoms with Gasteiger partial charge in [-0.05, 0) is 24.5 Å². The van der Waals surface area contributed by atoms with Crippen LogP contribution in [-0.4, -0.2) is 24.1 Å². The number of para-hydroxylation sites is 1. The molecule has 0 saturated heterocycles. The fourth-order valence-electron chi connectivity index (χ4n) is 3.96. The minimum atomic E-state index is -3.17. The SMILES string of the molecule is O=C(CCC1CCCC1)Nc1c2c(nn1-c1ccccc1)CS(=O)(=O)C2. The minimum Gasteiger partial charge on any atom is -0.310 e. The van der Waals surface area contributed by atoms with Crippen LogP contribution in [0.3, 0.4) is 0 Å². The lowest BCUT2D eigenvalue weighted by Crippen LogP contribution is -2.17. The van der Waals surface area contributed by atoms with Crippen LogP contribution in [0.25, 0.3) is 5.69 Å². The average molecular weight is 373 g/mol. The molecular formula is C19H23N3O3S. The summed E-state index contributed by atoms with van der Waals surface area (Å²) in [7, 11) is -3.17.